The summed E-state index contributed by atoms with van der Waals surface area (Å²) in [5.41, 5.74) is 17.9. The average molecular weight is 405 g/mol. The van der Waals surface area contributed by atoms with Gasteiger partial charge in [0.1, 0.15) is 11.5 Å². The first-order chi connectivity index (χ1) is 12.8. The Hall–Kier alpha value is -2.37. The van der Waals surface area contributed by atoms with Gasteiger partial charge in [0.15, 0.2) is 18.3 Å². The van der Waals surface area contributed by atoms with Crippen LogP contribution in [0.1, 0.15) is 27.7 Å². The highest BCUT2D eigenvalue weighted by molar-refractivity contribution is 7.99. The van der Waals surface area contributed by atoms with Crippen molar-refractivity contribution in [1.29, 1.82) is 0 Å². The number of carbonyl (C=O) groups is 3. The largest absolute Gasteiger partial charge is 0.510 e. The molecule has 1 heterocycles. The molecular formula is C14H23N5O7S. The van der Waals surface area contributed by atoms with E-state index in [2.05, 4.69) is 15.6 Å². The van der Waals surface area contributed by atoms with Crippen LogP contribution < -0.4 is 5.53 Å². The minimum atomic E-state index is -1.08. The molecule has 0 spiro atoms. The molecule has 1 aliphatic heterocycles. The van der Waals surface area contributed by atoms with E-state index in [0.717, 1.165) is 0 Å². The van der Waals surface area contributed by atoms with Crippen LogP contribution in [0.4, 0.5) is 0 Å². The molecule has 13 heteroatoms. The zero-order valence-electron chi connectivity index (χ0n) is 15.4. The van der Waals surface area contributed by atoms with Crippen LogP contribution in [-0.2, 0) is 33.3 Å². The molecule has 1 rings (SSSR count). The van der Waals surface area contributed by atoms with Crippen LogP contribution in [0.2, 0.25) is 0 Å². The highest BCUT2D eigenvalue weighted by atomic mass is 32.2. The highest BCUT2D eigenvalue weighted by Gasteiger charge is 2.51. The number of hydrogen-bond donors (Lipinski definition) is 1. The summed E-state index contributed by atoms with van der Waals surface area (Å²) < 4.78 is 21.6. The van der Waals surface area contributed by atoms with E-state index in [-0.39, 0.29) is 6.54 Å². The maximum Gasteiger partial charge on any atom is 0.303 e. The summed E-state index contributed by atoms with van der Waals surface area (Å²) in [6.07, 6.45) is -3.98. The van der Waals surface area contributed by atoms with E-state index in [9.17, 15) is 14.4 Å². The second-order valence-corrected chi connectivity index (χ2v) is 6.51. The third kappa shape index (κ3) is 8.24. The molecule has 1 fully saturated rings. The van der Waals surface area contributed by atoms with Gasteiger partial charge in [0.25, 0.3) is 0 Å². The van der Waals surface area contributed by atoms with Gasteiger partial charge in [-0.1, -0.05) is 12.0 Å². The Labute approximate surface area is 160 Å². The van der Waals surface area contributed by atoms with Gasteiger partial charge in [-0.3, -0.25) is 14.4 Å². The molecule has 2 N–H and O–H groups in total. The molecule has 0 aromatic carbocycles. The van der Waals surface area contributed by atoms with E-state index < -0.39 is 47.8 Å². The molecule has 1 aliphatic rings. The van der Waals surface area contributed by atoms with Gasteiger partial charge >= 0.3 is 17.9 Å². The van der Waals surface area contributed by atoms with Gasteiger partial charge in [0.05, 0.1) is 6.54 Å². The molecule has 5 atom stereocenters. The van der Waals surface area contributed by atoms with Crippen LogP contribution >= 0.6 is 11.8 Å². The van der Waals surface area contributed by atoms with E-state index >= 15 is 0 Å². The minimum Gasteiger partial charge on any atom is -0.510 e. The lowest BCUT2D eigenvalue weighted by atomic mass is 9.99. The van der Waals surface area contributed by atoms with Crippen molar-refractivity contribution in [2.75, 3.05) is 12.3 Å². The van der Waals surface area contributed by atoms with Gasteiger partial charge < -0.3 is 30.0 Å². The summed E-state index contributed by atoms with van der Waals surface area (Å²) in [6.45, 7) is 5.32. The smallest absolute Gasteiger partial charge is 0.303 e. The first kappa shape index (κ1) is 24.6. The molecule has 1 saturated heterocycles. The van der Waals surface area contributed by atoms with Crippen LogP contribution in [0.15, 0.2) is 5.11 Å². The molecule has 0 saturated carbocycles. The highest BCUT2D eigenvalue weighted by Crippen LogP contribution is 2.34. The third-order valence-electron chi connectivity index (χ3n) is 3.15. The molecule has 12 nitrogen and oxygen atoms in total. The number of carbonyl (C=O) groups excluding carboxylic acids is 3. The lowest BCUT2D eigenvalue weighted by molar-refractivity contribution is -0.230. The van der Waals surface area contributed by atoms with E-state index in [0.29, 0.717) is 5.75 Å². The number of ether oxygens (including phenoxy) is 4. The molecule has 0 aromatic rings. The lowest BCUT2D eigenvalue weighted by Gasteiger charge is -2.44. The molecule has 0 radical (unpaired) electrons. The Morgan fingerprint density at radius 1 is 1.04 bits per heavy atom. The van der Waals surface area contributed by atoms with Crippen molar-refractivity contribution < 1.29 is 38.9 Å². The van der Waals surface area contributed by atoms with Crippen molar-refractivity contribution in [2.45, 2.75) is 57.5 Å². The minimum absolute atomic E-state index is 0.139. The van der Waals surface area contributed by atoms with Crippen molar-refractivity contribution >= 4 is 29.7 Å². The van der Waals surface area contributed by atoms with E-state index in [4.69, 9.17) is 30.0 Å². The fourth-order valence-electron chi connectivity index (χ4n) is 2.42. The molecule has 152 valence electrons. The fourth-order valence-corrected chi connectivity index (χ4v) is 3.37. The Balaban J connectivity index is 0.00000326. The Morgan fingerprint density at radius 2 is 1.52 bits per heavy atom. The van der Waals surface area contributed by atoms with Crippen LogP contribution in [0.25, 0.3) is 16.0 Å². The van der Waals surface area contributed by atoms with Crippen molar-refractivity contribution in [2.24, 2.45) is 5.11 Å². The molecule has 0 amide bonds. The Morgan fingerprint density at radius 3 is 1.96 bits per heavy atom. The maximum atomic E-state index is 11.5. The third-order valence-corrected chi connectivity index (χ3v) is 4.19. The van der Waals surface area contributed by atoms with Gasteiger partial charge in [-0.25, -0.2) is 0 Å². The predicted octanol–water partition coefficient (Wildman–Crippen LogP) is 0.337. The summed E-state index contributed by atoms with van der Waals surface area (Å²) >= 11 is 1.33. The molecule has 0 aromatic heterocycles. The second kappa shape index (κ2) is 12.9. The number of hydrogen-bond acceptors (Lipinski definition) is 9. The summed E-state index contributed by atoms with van der Waals surface area (Å²) in [4.78, 5) is 37.1. The van der Waals surface area contributed by atoms with E-state index in [1.165, 1.54) is 32.5 Å². The molecule has 0 aliphatic carbocycles. The summed E-state index contributed by atoms with van der Waals surface area (Å²) in [7, 11) is 0. The second-order valence-electron chi connectivity index (χ2n) is 5.13. The molecular weight excluding hydrogens is 382 g/mol. The number of esters is 3. The van der Waals surface area contributed by atoms with Crippen molar-refractivity contribution in [3.63, 3.8) is 0 Å². The fraction of sp³-hybridized carbons (Fsp3) is 0.786. The normalized spacial score (nSPS) is 26.4. The van der Waals surface area contributed by atoms with Crippen LogP contribution in [-0.4, -0.2) is 60.1 Å². The molecule has 27 heavy (non-hydrogen) atoms. The van der Waals surface area contributed by atoms with Crippen LogP contribution in [0.5, 0.6) is 0 Å². The summed E-state index contributed by atoms with van der Waals surface area (Å²) in [6, 6.07) is 0. The summed E-state index contributed by atoms with van der Waals surface area (Å²) in [5.74, 6) is -1.24. The van der Waals surface area contributed by atoms with E-state index in [1.807, 2.05) is 6.92 Å². The first-order valence-electron chi connectivity index (χ1n) is 7.85. The van der Waals surface area contributed by atoms with Gasteiger partial charge in [-0.15, -0.1) is 11.8 Å². The van der Waals surface area contributed by atoms with E-state index in [1.54, 1.807) is 0 Å². The molecule has 2 unspecified atom stereocenters. The standard InChI is InChI=1S/C14H21N3O7S.H2N2/c1-5-25-14-13(23-9(4)20)12(22-8(3)19)11(21-7(2)18)10(24-14)6-16-17-15;1-2/h10-14H,5-6H2,1-4H3;1H2/t10?,11-,12+,13?,14+;/m1./s1. The van der Waals surface area contributed by atoms with Crippen molar-refractivity contribution in [3.8, 4) is 0 Å². The monoisotopic (exact) mass is 405 g/mol. The summed E-state index contributed by atoms with van der Waals surface area (Å²) in [5, 5.41) is 3.45. The SMILES string of the molecule is CCS[C@@H]1OC(CN=[N+]=[N-])[C@@H](OC(C)=O)[C@H](OC(C)=O)C1OC(C)=O.[N-]=[NH2+]. The van der Waals surface area contributed by atoms with Crippen molar-refractivity contribution in [3.05, 3.63) is 16.0 Å². The number of rotatable bonds is 7. The predicted molar refractivity (Wildman–Crippen MR) is 92.8 cm³/mol. The van der Waals surface area contributed by atoms with Gasteiger partial charge in [-0.05, 0) is 11.3 Å². The quantitative estimate of drug-likeness (QED) is 0.206. The van der Waals surface area contributed by atoms with Gasteiger partial charge in [0, 0.05) is 25.7 Å². The Kier molecular flexibility index (Phi) is 11.8. The maximum absolute atomic E-state index is 11.5. The zero-order valence-corrected chi connectivity index (χ0v) is 16.2. The van der Waals surface area contributed by atoms with Crippen molar-refractivity contribution in [1.82, 2.24) is 0 Å². The average Bonchev–Trinajstić information content (AvgIpc) is 2.59. The van der Waals surface area contributed by atoms with Crippen LogP contribution in [0, 0.1) is 0 Å². The van der Waals surface area contributed by atoms with Gasteiger partial charge in [0.2, 0.25) is 0 Å². The first-order valence-corrected chi connectivity index (χ1v) is 8.90. The topological polar surface area (TPSA) is 185 Å². The number of thioether (sulfide) groups is 1. The number of nitrogens with two attached hydrogens (primary N) is 1. The Bertz CT molecular complexity index is 572. The van der Waals surface area contributed by atoms with Gasteiger partial charge in [-0.2, -0.15) is 0 Å². The number of azide groups is 1. The zero-order chi connectivity index (χ0) is 21.0. The van der Waals surface area contributed by atoms with Crippen LogP contribution in [0.3, 0.4) is 0 Å². The number of nitrogens with zero attached hydrogens (tertiary/aromatic N) is 4. The molecule has 0 bridgehead atoms. The lowest BCUT2D eigenvalue weighted by Crippen LogP contribution is -2.61.